The Kier molecular flexibility index (Phi) is 3.34. The number of nitrogens with zero attached hydrogens (tertiary/aromatic N) is 1. The van der Waals surface area contributed by atoms with Gasteiger partial charge in [-0.25, -0.2) is 0 Å². The molecule has 2 amide bonds. The van der Waals surface area contributed by atoms with Crippen molar-refractivity contribution >= 4 is 11.8 Å². The van der Waals surface area contributed by atoms with Gasteiger partial charge in [0.1, 0.15) is 11.6 Å². The first-order valence-corrected chi connectivity index (χ1v) is 6.60. The highest BCUT2D eigenvalue weighted by Crippen LogP contribution is 2.35. The van der Waals surface area contributed by atoms with Gasteiger partial charge in [-0.15, -0.1) is 12.3 Å². The van der Waals surface area contributed by atoms with Gasteiger partial charge >= 0.3 is 0 Å². The summed E-state index contributed by atoms with van der Waals surface area (Å²) in [5, 5.41) is 2.94. The number of terminal acetylenes is 1. The molecule has 0 aromatic heterocycles. The monoisotopic (exact) mass is 248 g/mol. The van der Waals surface area contributed by atoms with E-state index in [4.69, 9.17) is 6.42 Å². The van der Waals surface area contributed by atoms with Crippen LogP contribution in [0.5, 0.6) is 0 Å². The second-order valence-corrected chi connectivity index (χ2v) is 5.42. The Hall–Kier alpha value is -1.50. The van der Waals surface area contributed by atoms with E-state index in [0.717, 1.165) is 25.7 Å². The molecule has 0 bridgehead atoms. The number of hydrogen-bond donors (Lipinski definition) is 1. The lowest BCUT2D eigenvalue weighted by Gasteiger charge is -2.45. The minimum atomic E-state index is -0.646. The molecule has 1 aliphatic carbocycles. The fraction of sp³-hybridized carbons (Fsp3) is 0.714. The van der Waals surface area contributed by atoms with E-state index in [1.165, 1.54) is 0 Å². The Morgan fingerprint density at radius 3 is 2.67 bits per heavy atom. The summed E-state index contributed by atoms with van der Waals surface area (Å²) < 4.78 is 0. The fourth-order valence-corrected chi connectivity index (χ4v) is 3.11. The van der Waals surface area contributed by atoms with Crippen molar-refractivity contribution in [2.45, 2.75) is 63.6 Å². The molecule has 2 aliphatic rings. The van der Waals surface area contributed by atoms with Crippen LogP contribution in [0.4, 0.5) is 0 Å². The predicted molar refractivity (Wildman–Crippen MR) is 68.6 cm³/mol. The number of carbonyl (C=O) groups excluding carboxylic acids is 2. The van der Waals surface area contributed by atoms with E-state index >= 15 is 0 Å². The number of carbonyl (C=O) groups is 2. The Bertz CT molecular complexity index is 405. The first-order chi connectivity index (χ1) is 8.52. The molecule has 4 nitrogen and oxygen atoms in total. The van der Waals surface area contributed by atoms with Gasteiger partial charge in [-0.1, -0.05) is 12.8 Å². The summed E-state index contributed by atoms with van der Waals surface area (Å²) in [7, 11) is 0. The quantitative estimate of drug-likeness (QED) is 0.743. The zero-order valence-electron chi connectivity index (χ0n) is 11.0. The molecule has 1 N–H and O–H groups in total. The molecule has 1 aliphatic heterocycles. The summed E-state index contributed by atoms with van der Waals surface area (Å²) in [6, 6.07) is -0.506. The summed E-state index contributed by atoms with van der Waals surface area (Å²) in [6.07, 6.45) is 9.31. The van der Waals surface area contributed by atoms with Crippen LogP contribution in [0.1, 0.15) is 46.0 Å². The second kappa shape index (κ2) is 4.64. The van der Waals surface area contributed by atoms with Crippen molar-refractivity contribution in [3.8, 4) is 12.3 Å². The predicted octanol–water partition coefficient (Wildman–Crippen LogP) is 1.06. The first kappa shape index (κ1) is 12.9. The van der Waals surface area contributed by atoms with Crippen LogP contribution in [-0.4, -0.2) is 34.3 Å². The molecule has 98 valence electrons. The minimum Gasteiger partial charge on any atom is -0.340 e. The average Bonchev–Trinajstić information content (AvgIpc) is 2.77. The minimum absolute atomic E-state index is 0.0508. The topological polar surface area (TPSA) is 49.4 Å². The van der Waals surface area contributed by atoms with E-state index in [1.54, 1.807) is 11.8 Å². The SMILES string of the molecule is C#CCC(C)N1C(=O)C2(CCCC2)NC(=O)C1C. The first-order valence-electron chi connectivity index (χ1n) is 6.60. The van der Waals surface area contributed by atoms with Crippen LogP contribution in [-0.2, 0) is 9.59 Å². The number of rotatable bonds is 2. The maximum atomic E-state index is 12.7. The van der Waals surface area contributed by atoms with E-state index in [-0.39, 0.29) is 17.9 Å². The van der Waals surface area contributed by atoms with Gasteiger partial charge in [0.15, 0.2) is 0 Å². The zero-order valence-corrected chi connectivity index (χ0v) is 11.0. The van der Waals surface area contributed by atoms with Gasteiger partial charge in [0.25, 0.3) is 0 Å². The summed E-state index contributed by atoms with van der Waals surface area (Å²) in [6.45, 7) is 3.68. The molecule has 2 rings (SSSR count). The number of hydrogen-bond acceptors (Lipinski definition) is 2. The molecule has 2 fully saturated rings. The van der Waals surface area contributed by atoms with Crippen molar-refractivity contribution in [1.82, 2.24) is 10.2 Å². The van der Waals surface area contributed by atoms with Gasteiger partial charge in [-0.3, -0.25) is 9.59 Å². The van der Waals surface area contributed by atoms with Gasteiger partial charge in [-0.2, -0.15) is 0 Å². The maximum absolute atomic E-state index is 12.7. The molecule has 1 spiro atoms. The lowest BCUT2D eigenvalue weighted by molar-refractivity contribution is -0.156. The molecule has 0 radical (unpaired) electrons. The molecule has 1 heterocycles. The highest BCUT2D eigenvalue weighted by molar-refractivity contribution is 6.00. The van der Waals surface area contributed by atoms with Gasteiger partial charge in [0, 0.05) is 12.5 Å². The van der Waals surface area contributed by atoms with Crippen molar-refractivity contribution in [3.63, 3.8) is 0 Å². The van der Waals surface area contributed by atoms with Crippen LogP contribution >= 0.6 is 0 Å². The molecule has 2 atom stereocenters. The van der Waals surface area contributed by atoms with Crippen molar-refractivity contribution in [1.29, 1.82) is 0 Å². The van der Waals surface area contributed by atoms with Gasteiger partial charge in [0.05, 0.1) is 0 Å². The van der Waals surface area contributed by atoms with Crippen molar-refractivity contribution < 1.29 is 9.59 Å². The molecule has 4 heteroatoms. The molecule has 1 saturated carbocycles. The van der Waals surface area contributed by atoms with Gasteiger partial charge < -0.3 is 10.2 Å². The third-order valence-corrected chi connectivity index (χ3v) is 4.15. The molecule has 1 saturated heterocycles. The molecule has 2 unspecified atom stereocenters. The van der Waals surface area contributed by atoms with Crippen LogP contribution in [0.15, 0.2) is 0 Å². The van der Waals surface area contributed by atoms with E-state index in [9.17, 15) is 9.59 Å². The van der Waals surface area contributed by atoms with Crippen LogP contribution in [0.25, 0.3) is 0 Å². The lowest BCUT2D eigenvalue weighted by Crippen LogP contribution is -2.70. The zero-order chi connectivity index (χ0) is 13.3. The van der Waals surface area contributed by atoms with Crippen LogP contribution < -0.4 is 5.32 Å². The van der Waals surface area contributed by atoms with Crippen molar-refractivity contribution in [2.75, 3.05) is 0 Å². The Balaban J connectivity index is 2.29. The number of amides is 2. The standard InChI is InChI=1S/C14H20N2O2/c1-4-7-10(2)16-11(3)12(17)15-14(13(16)18)8-5-6-9-14/h1,10-11H,5-9H2,2-3H3,(H,15,17). The summed E-state index contributed by atoms with van der Waals surface area (Å²) in [4.78, 5) is 26.4. The van der Waals surface area contributed by atoms with Crippen LogP contribution in [0.2, 0.25) is 0 Å². The summed E-state index contributed by atoms with van der Waals surface area (Å²) >= 11 is 0. The molecule has 18 heavy (non-hydrogen) atoms. The molecule has 0 aromatic carbocycles. The van der Waals surface area contributed by atoms with E-state index in [0.29, 0.717) is 6.42 Å². The Morgan fingerprint density at radius 2 is 2.11 bits per heavy atom. The van der Waals surface area contributed by atoms with Crippen molar-refractivity contribution in [2.24, 2.45) is 0 Å². The summed E-state index contributed by atoms with van der Waals surface area (Å²) in [5.41, 5.74) is -0.646. The summed E-state index contributed by atoms with van der Waals surface area (Å²) in [5.74, 6) is 2.57. The van der Waals surface area contributed by atoms with Crippen molar-refractivity contribution in [3.05, 3.63) is 0 Å². The van der Waals surface area contributed by atoms with Crippen LogP contribution in [0.3, 0.4) is 0 Å². The molecule has 0 aromatic rings. The van der Waals surface area contributed by atoms with E-state index in [2.05, 4.69) is 11.2 Å². The highest BCUT2D eigenvalue weighted by Gasteiger charge is 2.51. The van der Waals surface area contributed by atoms with Crippen LogP contribution in [0, 0.1) is 12.3 Å². The van der Waals surface area contributed by atoms with E-state index < -0.39 is 11.6 Å². The Labute approximate surface area is 108 Å². The smallest absolute Gasteiger partial charge is 0.249 e. The maximum Gasteiger partial charge on any atom is 0.249 e. The number of piperazine rings is 1. The Morgan fingerprint density at radius 1 is 1.50 bits per heavy atom. The third kappa shape index (κ3) is 1.88. The fourth-order valence-electron chi connectivity index (χ4n) is 3.11. The number of nitrogens with one attached hydrogen (secondary N) is 1. The normalized spacial score (nSPS) is 28.1. The lowest BCUT2D eigenvalue weighted by atomic mass is 9.89. The van der Waals surface area contributed by atoms with E-state index in [1.807, 2.05) is 6.92 Å². The second-order valence-electron chi connectivity index (χ2n) is 5.42. The average molecular weight is 248 g/mol. The van der Waals surface area contributed by atoms with Gasteiger partial charge in [-0.05, 0) is 26.7 Å². The molecular formula is C14H20N2O2. The highest BCUT2D eigenvalue weighted by atomic mass is 16.2. The molecular weight excluding hydrogens is 228 g/mol. The largest absolute Gasteiger partial charge is 0.340 e. The third-order valence-electron chi connectivity index (χ3n) is 4.15. The van der Waals surface area contributed by atoms with Gasteiger partial charge in [0.2, 0.25) is 11.8 Å².